The first-order valence-electron chi connectivity index (χ1n) is 7.62. The maximum Gasteiger partial charge on any atom is 0.330 e. The smallest absolute Gasteiger partial charge is 0.330 e. The van der Waals surface area contributed by atoms with E-state index in [9.17, 15) is 19.2 Å². The normalized spacial score (nSPS) is 19.4. The van der Waals surface area contributed by atoms with Gasteiger partial charge in [-0.1, -0.05) is 0 Å². The van der Waals surface area contributed by atoms with Crippen LogP contribution in [0.3, 0.4) is 0 Å². The summed E-state index contributed by atoms with van der Waals surface area (Å²) in [7, 11) is 0. The third-order valence-corrected chi connectivity index (χ3v) is 4.64. The molecule has 0 radical (unpaired) electrons. The Morgan fingerprint density at radius 2 is 2.16 bits per heavy atom. The average molecular weight is 369 g/mol. The maximum absolute atomic E-state index is 12.3. The Morgan fingerprint density at radius 1 is 1.40 bits per heavy atom. The molecule has 0 aliphatic carbocycles. The number of rotatable bonds is 5. The van der Waals surface area contributed by atoms with Crippen molar-refractivity contribution in [2.75, 3.05) is 18.9 Å². The molecule has 1 aliphatic heterocycles. The monoisotopic (exact) mass is 369 g/mol. The van der Waals surface area contributed by atoms with Gasteiger partial charge in [-0.3, -0.25) is 14.9 Å². The number of hydrogen-bond acceptors (Lipinski definition) is 7. The number of imide groups is 1. The van der Waals surface area contributed by atoms with Gasteiger partial charge in [0.2, 0.25) is 5.91 Å². The van der Waals surface area contributed by atoms with Crippen LogP contribution >= 0.6 is 11.8 Å². The molecule has 9 nitrogen and oxygen atoms in total. The largest absolute Gasteiger partial charge is 0.466 e. The number of esters is 1. The summed E-state index contributed by atoms with van der Waals surface area (Å²) in [6.45, 7) is 2.81. The van der Waals surface area contributed by atoms with Crippen LogP contribution in [-0.2, 0) is 19.1 Å². The van der Waals surface area contributed by atoms with Crippen LogP contribution < -0.4 is 10.6 Å². The molecule has 136 valence electrons. The number of nitrogens with zero attached hydrogens (tertiary/aromatic N) is 1. The molecule has 25 heavy (non-hydrogen) atoms. The second kappa shape index (κ2) is 8.56. The number of ether oxygens (including phenoxy) is 1. The minimum absolute atomic E-state index is 0.305. The summed E-state index contributed by atoms with van der Waals surface area (Å²) in [6.07, 6.45) is 1.49. The van der Waals surface area contributed by atoms with Gasteiger partial charge >= 0.3 is 12.0 Å². The zero-order chi connectivity index (χ0) is 18.4. The molecule has 0 saturated carbocycles. The predicted molar refractivity (Wildman–Crippen MR) is 88.4 cm³/mol. The summed E-state index contributed by atoms with van der Waals surface area (Å²) < 4.78 is 10.3. The number of furan rings is 1. The first-order valence-corrected chi connectivity index (χ1v) is 8.67. The van der Waals surface area contributed by atoms with E-state index in [1.54, 1.807) is 19.1 Å². The molecule has 0 spiro atoms. The first-order chi connectivity index (χ1) is 11.9. The number of urea groups is 1. The Labute approximate surface area is 148 Å². The van der Waals surface area contributed by atoms with Crippen molar-refractivity contribution in [2.24, 2.45) is 0 Å². The second-order valence-corrected chi connectivity index (χ2v) is 6.27. The van der Waals surface area contributed by atoms with Crippen LogP contribution in [0.15, 0.2) is 22.8 Å². The molecule has 1 fully saturated rings. The van der Waals surface area contributed by atoms with Gasteiger partial charge in [-0.25, -0.2) is 9.59 Å². The van der Waals surface area contributed by atoms with Gasteiger partial charge in [0.1, 0.15) is 17.2 Å². The Hall–Kier alpha value is -2.49. The van der Waals surface area contributed by atoms with E-state index < -0.39 is 35.9 Å². The second-order valence-electron chi connectivity index (χ2n) is 5.16. The summed E-state index contributed by atoms with van der Waals surface area (Å²) in [6, 6.07) is 1.94. The molecule has 1 aliphatic rings. The molecule has 10 heteroatoms. The van der Waals surface area contributed by atoms with Crippen LogP contribution in [0, 0.1) is 0 Å². The summed E-state index contributed by atoms with van der Waals surface area (Å²) in [4.78, 5) is 48.4. The summed E-state index contributed by atoms with van der Waals surface area (Å²) in [5.41, 5.74) is 0. The average Bonchev–Trinajstić information content (AvgIpc) is 3.21. The van der Waals surface area contributed by atoms with Gasteiger partial charge in [-0.15, -0.1) is 11.8 Å². The van der Waals surface area contributed by atoms with Crippen molar-refractivity contribution in [3.05, 3.63) is 24.2 Å². The minimum atomic E-state index is -0.824. The van der Waals surface area contributed by atoms with E-state index in [4.69, 9.17) is 9.15 Å². The van der Waals surface area contributed by atoms with Crippen molar-refractivity contribution in [2.45, 2.75) is 25.3 Å². The van der Waals surface area contributed by atoms with Crippen molar-refractivity contribution in [3.8, 4) is 0 Å². The van der Waals surface area contributed by atoms with E-state index >= 15 is 0 Å². The van der Waals surface area contributed by atoms with Gasteiger partial charge in [0.25, 0.3) is 5.91 Å². The van der Waals surface area contributed by atoms with E-state index in [1.165, 1.54) is 29.8 Å². The molecule has 2 N–H and O–H groups in total. The fraction of sp³-hybridized carbons (Fsp3) is 0.467. The van der Waals surface area contributed by atoms with E-state index in [-0.39, 0.29) is 5.91 Å². The van der Waals surface area contributed by atoms with Crippen LogP contribution in [-0.4, -0.2) is 53.7 Å². The molecule has 2 heterocycles. The van der Waals surface area contributed by atoms with Gasteiger partial charge < -0.3 is 19.4 Å². The number of carbonyl (C=O) groups excluding carboxylic acids is 4. The molecule has 2 atom stereocenters. The van der Waals surface area contributed by atoms with E-state index in [2.05, 4.69) is 5.32 Å². The molecule has 1 aromatic heterocycles. The third kappa shape index (κ3) is 4.75. The number of nitrogens with one attached hydrogen (secondary N) is 2. The van der Waals surface area contributed by atoms with Gasteiger partial charge in [0.05, 0.1) is 6.26 Å². The highest BCUT2D eigenvalue weighted by Gasteiger charge is 2.43. The standard InChI is InChI=1S/C15H19N3O6S/c1-3-16-15(22)17-12(20)7-24-14(21)10-8-25-13(18(10)9(2)19)11-5-4-6-23-11/h4-6,10,13H,3,7-8H2,1-2H3,(H2,16,17,20,22)/t10-,13+/m1/s1. The maximum atomic E-state index is 12.3. The SMILES string of the molecule is CCNC(=O)NC(=O)COC(=O)[C@H]1CS[C@@H](c2ccco2)N1C(C)=O. The van der Waals surface area contributed by atoms with E-state index in [0.717, 1.165) is 0 Å². The van der Waals surface area contributed by atoms with Crippen LogP contribution in [0.1, 0.15) is 25.0 Å². The molecule has 4 amide bonds. The van der Waals surface area contributed by atoms with Crippen molar-refractivity contribution in [1.29, 1.82) is 0 Å². The lowest BCUT2D eigenvalue weighted by Gasteiger charge is -2.25. The fourth-order valence-corrected chi connectivity index (χ4v) is 3.74. The van der Waals surface area contributed by atoms with Crippen molar-refractivity contribution >= 4 is 35.6 Å². The van der Waals surface area contributed by atoms with Gasteiger partial charge in [-0.2, -0.15) is 0 Å². The molecule has 0 bridgehead atoms. The Morgan fingerprint density at radius 3 is 2.76 bits per heavy atom. The van der Waals surface area contributed by atoms with Gasteiger partial charge in [0.15, 0.2) is 6.61 Å². The Kier molecular flexibility index (Phi) is 6.45. The lowest BCUT2D eigenvalue weighted by Crippen LogP contribution is -2.45. The van der Waals surface area contributed by atoms with Crippen LogP contribution in [0.25, 0.3) is 0 Å². The molecular weight excluding hydrogens is 350 g/mol. The fourth-order valence-electron chi connectivity index (χ4n) is 2.32. The highest BCUT2D eigenvalue weighted by molar-refractivity contribution is 7.99. The van der Waals surface area contributed by atoms with E-state index in [0.29, 0.717) is 18.1 Å². The number of amides is 4. The summed E-state index contributed by atoms with van der Waals surface area (Å²) in [5.74, 6) is -0.879. The zero-order valence-corrected chi connectivity index (χ0v) is 14.6. The summed E-state index contributed by atoms with van der Waals surface area (Å²) in [5, 5.41) is 3.99. The highest BCUT2D eigenvalue weighted by atomic mass is 32.2. The molecular formula is C15H19N3O6S. The van der Waals surface area contributed by atoms with Crippen LogP contribution in [0.5, 0.6) is 0 Å². The van der Waals surface area contributed by atoms with Crippen molar-refractivity contribution < 1.29 is 28.3 Å². The predicted octanol–water partition coefficient (Wildman–Crippen LogP) is 0.631. The molecule has 1 saturated heterocycles. The minimum Gasteiger partial charge on any atom is -0.466 e. The Bertz CT molecular complexity index is 648. The number of hydrogen-bond donors (Lipinski definition) is 2. The van der Waals surface area contributed by atoms with Crippen molar-refractivity contribution in [3.63, 3.8) is 0 Å². The Balaban J connectivity index is 1.93. The quantitative estimate of drug-likeness (QED) is 0.731. The lowest BCUT2D eigenvalue weighted by atomic mass is 10.2. The zero-order valence-electron chi connectivity index (χ0n) is 13.8. The van der Waals surface area contributed by atoms with Gasteiger partial charge in [-0.05, 0) is 19.1 Å². The first kappa shape index (κ1) is 18.8. The lowest BCUT2D eigenvalue weighted by molar-refractivity contribution is -0.156. The molecule has 1 aromatic rings. The van der Waals surface area contributed by atoms with Crippen molar-refractivity contribution in [1.82, 2.24) is 15.5 Å². The van der Waals surface area contributed by atoms with Crippen LogP contribution in [0.2, 0.25) is 0 Å². The van der Waals surface area contributed by atoms with Crippen LogP contribution in [0.4, 0.5) is 4.79 Å². The summed E-state index contributed by atoms with van der Waals surface area (Å²) >= 11 is 1.37. The molecule has 0 unspecified atom stereocenters. The third-order valence-electron chi connectivity index (χ3n) is 3.36. The van der Waals surface area contributed by atoms with Gasteiger partial charge in [0, 0.05) is 19.2 Å². The molecule has 2 rings (SSSR count). The topological polar surface area (TPSA) is 118 Å². The highest BCUT2D eigenvalue weighted by Crippen LogP contribution is 2.41. The molecule has 0 aromatic carbocycles. The number of thioether (sulfide) groups is 1. The number of carbonyl (C=O) groups is 4. The van der Waals surface area contributed by atoms with E-state index in [1.807, 2.05) is 5.32 Å².